The lowest BCUT2D eigenvalue weighted by Gasteiger charge is -2.36. The summed E-state index contributed by atoms with van der Waals surface area (Å²) in [4.78, 5) is 16.8. The average molecular weight is 343 g/mol. The fourth-order valence-electron chi connectivity index (χ4n) is 3.01. The molecule has 1 aromatic carbocycles. The Morgan fingerprint density at radius 1 is 1.12 bits per heavy atom. The first-order valence-corrected chi connectivity index (χ1v) is 9.40. The monoisotopic (exact) mass is 343 g/mol. The summed E-state index contributed by atoms with van der Waals surface area (Å²) >= 11 is 1.51. The van der Waals surface area contributed by atoms with Crippen LogP contribution >= 0.6 is 11.8 Å². The van der Waals surface area contributed by atoms with E-state index in [4.69, 9.17) is 0 Å². The zero-order valence-electron chi connectivity index (χ0n) is 13.5. The maximum Gasteiger partial charge on any atom is 0.233 e. The Morgan fingerprint density at radius 2 is 1.88 bits per heavy atom. The van der Waals surface area contributed by atoms with Crippen LogP contribution in [0.15, 0.2) is 41.8 Å². The molecule has 4 rings (SSSR count). The van der Waals surface area contributed by atoms with E-state index in [0.29, 0.717) is 11.8 Å². The minimum atomic E-state index is 0.193. The number of hydrogen-bond donors (Lipinski definition) is 0. The van der Waals surface area contributed by atoms with Gasteiger partial charge < -0.3 is 14.4 Å². The molecule has 2 aliphatic rings. The SMILES string of the molecule is O=C(CSc1nncn1C1CC1)N1CCN(c2ccccc2)CC1. The highest BCUT2D eigenvalue weighted by molar-refractivity contribution is 7.99. The van der Waals surface area contributed by atoms with Crippen LogP contribution in [0.5, 0.6) is 0 Å². The molecule has 2 heterocycles. The van der Waals surface area contributed by atoms with Crippen LogP contribution in [-0.4, -0.2) is 57.5 Å². The molecule has 0 unspecified atom stereocenters. The van der Waals surface area contributed by atoms with E-state index < -0.39 is 0 Å². The lowest BCUT2D eigenvalue weighted by atomic mass is 10.2. The summed E-state index contributed by atoms with van der Waals surface area (Å²) < 4.78 is 2.10. The topological polar surface area (TPSA) is 54.3 Å². The van der Waals surface area contributed by atoms with Gasteiger partial charge in [-0.05, 0) is 25.0 Å². The molecule has 0 radical (unpaired) electrons. The molecular weight excluding hydrogens is 322 g/mol. The molecule has 2 aromatic rings. The molecule has 0 bridgehead atoms. The second-order valence-electron chi connectivity index (χ2n) is 6.24. The third-order valence-electron chi connectivity index (χ3n) is 4.56. The van der Waals surface area contributed by atoms with Crippen LogP contribution in [0.4, 0.5) is 5.69 Å². The van der Waals surface area contributed by atoms with Crippen molar-refractivity contribution in [1.82, 2.24) is 19.7 Å². The minimum Gasteiger partial charge on any atom is -0.368 e. The summed E-state index contributed by atoms with van der Waals surface area (Å²) in [5, 5.41) is 8.99. The molecule has 1 saturated heterocycles. The van der Waals surface area contributed by atoms with Gasteiger partial charge in [-0.2, -0.15) is 0 Å². The molecule has 0 atom stereocenters. The molecule has 6 nitrogen and oxygen atoms in total. The van der Waals surface area contributed by atoms with Gasteiger partial charge in [0.25, 0.3) is 0 Å². The van der Waals surface area contributed by atoms with Gasteiger partial charge in [-0.15, -0.1) is 10.2 Å². The van der Waals surface area contributed by atoms with Crippen LogP contribution in [0.25, 0.3) is 0 Å². The second kappa shape index (κ2) is 6.84. The largest absolute Gasteiger partial charge is 0.368 e. The zero-order valence-corrected chi connectivity index (χ0v) is 14.4. The number of piperazine rings is 1. The first kappa shape index (κ1) is 15.5. The van der Waals surface area contributed by atoms with Gasteiger partial charge in [-0.25, -0.2) is 0 Å². The molecule has 0 spiro atoms. The highest BCUT2D eigenvalue weighted by atomic mass is 32.2. The zero-order chi connectivity index (χ0) is 16.4. The van der Waals surface area contributed by atoms with Crippen molar-refractivity contribution in [3.8, 4) is 0 Å². The van der Waals surface area contributed by atoms with E-state index in [-0.39, 0.29) is 5.91 Å². The first-order chi connectivity index (χ1) is 11.8. The highest BCUT2D eigenvalue weighted by Gasteiger charge is 2.27. The second-order valence-corrected chi connectivity index (χ2v) is 7.19. The van der Waals surface area contributed by atoms with Gasteiger partial charge in [0.2, 0.25) is 5.91 Å². The number of hydrogen-bond acceptors (Lipinski definition) is 5. The van der Waals surface area contributed by atoms with Gasteiger partial charge in [0.1, 0.15) is 6.33 Å². The number of carbonyl (C=O) groups excluding carboxylic acids is 1. The average Bonchev–Trinajstić information content (AvgIpc) is 3.38. The normalized spacial score (nSPS) is 18.0. The fraction of sp³-hybridized carbons (Fsp3) is 0.471. The molecule has 1 aliphatic heterocycles. The molecule has 1 aliphatic carbocycles. The number of carbonyl (C=O) groups is 1. The molecule has 1 aromatic heterocycles. The number of rotatable bonds is 5. The van der Waals surface area contributed by atoms with E-state index in [2.05, 4.69) is 43.9 Å². The summed E-state index contributed by atoms with van der Waals surface area (Å²) in [6.07, 6.45) is 4.17. The summed E-state index contributed by atoms with van der Waals surface area (Å²) in [6.45, 7) is 3.34. The van der Waals surface area contributed by atoms with Crippen LogP contribution in [0.1, 0.15) is 18.9 Å². The van der Waals surface area contributed by atoms with Gasteiger partial charge in [0, 0.05) is 37.9 Å². The molecule has 126 valence electrons. The Kier molecular flexibility index (Phi) is 4.42. The van der Waals surface area contributed by atoms with E-state index in [9.17, 15) is 4.79 Å². The Hall–Kier alpha value is -2.02. The van der Waals surface area contributed by atoms with Gasteiger partial charge in [-0.3, -0.25) is 4.79 Å². The summed E-state index contributed by atoms with van der Waals surface area (Å²) in [7, 11) is 0. The third-order valence-corrected chi connectivity index (χ3v) is 5.50. The van der Waals surface area contributed by atoms with Crippen molar-refractivity contribution in [2.45, 2.75) is 24.0 Å². The first-order valence-electron chi connectivity index (χ1n) is 8.41. The number of anilines is 1. The Balaban J connectivity index is 1.28. The van der Waals surface area contributed by atoms with Crippen LogP contribution < -0.4 is 4.90 Å². The van der Waals surface area contributed by atoms with Crippen molar-refractivity contribution in [3.63, 3.8) is 0 Å². The van der Waals surface area contributed by atoms with Crippen LogP contribution in [0, 0.1) is 0 Å². The third kappa shape index (κ3) is 3.40. The predicted molar refractivity (Wildman–Crippen MR) is 94.3 cm³/mol. The number of nitrogens with zero attached hydrogens (tertiary/aromatic N) is 5. The quantitative estimate of drug-likeness (QED) is 0.778. The van der Waals surface area contributed by atoms with Gasteiger partial charge in [-0.1, -0.05) is 30.0 Å². The smallest absolute Gasteiger partial charge is 0.233 e. The van der Waals surface area contributed by atoms with E-state index in [1.807, 2.05) is 11.0 Å². The van der Waals surface area contributed by atoms with Gasteiger partial charge in [0.15, 0.2) is 5.16 Å². The molecule has 1 saturated carbocycles. The van der Waals surface area contributed by atoms with E-state index >= 15 is 0 Å². The van der Waals surface area contributed by atoms with Crippen molar-refractivity contribution >= 4 is 23.4 Å². The van der Waals surface area contributed by atoms with E-state index in [1.165, 1.54) is 30.3 Å². The number of benzene rings is 1. The van der Waals surface area contributed by atoms with Crippen molar-refractivity contribution in [2.75, 3.05) is 36.8 Å². The molecular formula is C17H21N5OS. The van der Waals surface area contributed by atoms with Crippen molar-refractivity contribution in [1.29, 1.82) is 0 Å². The minimum absolute atomic E-state index is 0.193. The Labute approximate surface area is 145 Å². The van der Waals surface area contributed by atoms with Gasteiger partial charge in [0.05, 0.1) is 5.75 Å². The van der Waals surface area contributed by atoms with Crippen molar-refractivity contribution < 1.29 is 4.79 Å². The Bertz CT molecular complexity index is 692. The van der Waals surface area contributed by atoms with Gasteiger partial charge >= 0.3 is 0 Å². The molecule has 2 fully saturated rings. The summed E-state index contributed by atoms with van der Waals surface area (Å²) in [6, 6.07) is 10.9. The van der Waals surface area contributed by atoms with Crippen molar-refractivity contribution in [3.05, 3.63) is 36.7 Å². The summed E-state index contributed by atoms with van der Waals surface area (Å²) in [5.74, 6) is 0.634. The van der Waals surface area contributed by atoms with Crippen molar-refractivity contribution in [2.24, 2.45) is 0 Å². The van der Waals surface area contributed by atoms with Crippen LogP contribution in [0.2, 0.25) is 0 Å². The molecule has 24 heavy (non-hydrogen) atoms. The van der Waals surface area contributed by atoms with E-state index in [1.54, 1.807) is 6.33 Å². The van der Waals surface area contributed by atoms with E-state index in [0.717, 1.165) is 31.3 Å². The highest BCUT2D eigenvalue weighted by Crippen LogP contribution is 2.37. The standard InChI is InChI=1S/C17H21N5OS/c23-16(12-24-17-19-18-13-22(17)15-6-7-15)21-10-8-20(9-11-21)14-4-2-1-3-5-14/h1-5,13,15H,6-12H2. The fourth-order valence-corrected chi connectivity index (χ4v) is 3.89. The number of amides is 1. The molecule has 7 heteroatoms. The maximum absolute atomic E-state index is 12.5. The predicted octanol–water partition coefficient (Wildman–Crippen LogP) is 2.05. The molecule has 1 amide bonds. The maximum atomic E-state index is 12.5. The van der Waals surface area contributed by atoms with Crippen LogP contribution in [-0.2, 0) is 4.79 Å². The number of para-hydroxylation sites is 1. The summed E-state index contributed by atoms with van der Waals surface area (Å²) in [5.41, 5.74) is 1.23. The van der Waals surface area contributed by atoms with Crippen LogP contribution in [0.3, 0.4) is 0 Å². The number of aromatic nitrogens is 3. The molecule has 0 N–H and O–H groups in total. The lowest BCUT2D eigenvalue weighted by molar-refractivity contribution is -0.128. The Morgan fingerprint density at radius 3 is 2.58 bits per heavy atom. The number of thioether (sulfide) groups is 1. The lowest BCUT2D eigenvalue weighted by Crippen LogP contribution is -2.49.